The van der Waals surface area contributed by atoms with Crippen molar-refractivity contribution in [3.05, 3.63) is 33.8 Å². The number of benzene rings is 1. The Kier molecular flexibility index (Phi) is 10.8. The SMILES string of the molecule is CN=C(NCCS(=O)C(C)(C)C)NC(C)c1ccc(Cl)c(Cl)c1.I. The highest BCUT2D eigenvalue weighted by Gasteiger charge is 2.18. The van der Waals surface area contributed by atoms with Gasteiger partial charge in [0.1, 0.15) is 0 Å². The molecule has 0 fully saturated rings. The average molecular weight is 506 g/mol. The van der Waals surface area contributed by atoms with Gasteiger partial charge in [-0.2, -0.15) is 0 Å². The van der Waals surface area contributed by atoms with Crippen LogP contribution in [0.3, 0.4) is 0 Å². The fraction of sp³-hybridized carbons (Fsp3) is 0.562. The van der Waals surface area contributed by atoms with Crippen LogP contribution in [0.4, 0.5) is 0 Å². The average Bonchev–Trinajstić information content (AvgIpc) is 2.47. The van der Waals surface area contributed by atoms with Crippen LogP contribution in [0.2, 0.25) is 10.0 Å². The predicted molar refractivity (Wildman–Crippen MR) is 118 cm³/mol. The van der Waals surface area contributed by atoms with Crippen molar-refractivity contribution in [2.24, 2.45) is 4.99 Å². The second kappa shape index (κ2) is 10.8. The summed E-state index contributed by atoms with van der Waals surface area (Å²) in [6.45, 7) is 8.53. The number of nitrogens with zero attached hydrogens (tertiary/aromatic N) is 1. The van der Waals surface area contributed by atoms with Crippen molar-refractivity contribution in [2.75, 3.05) is 19.3 Å². The molecule has 0 bridgehead atoms. The van der Waals surface area contributed by atoms with Crippen LogP contribution < -0.4 is 10.6 Å². The maximum absolute atomic E-state index is 12.0. The lowest BCUT2D eigenvalue weighted by atomic mass is 10.1. The lowest BCUT2D eigenvalue weighted by Gasteiger charge is -2.20. The number of aliphatic imine (C=N–C) groups is 1. The standard InChI is InChI=1S/C16H25Cl2N3OS.HI/c1-11(12-6-7-13(17)14(18)10-12)21-15(19-5)20-8-9-23(22)16(2,3)4;/h6-7,10-11H,8-9H2,1-5H3,(H2,19,20,21);1H. The molecule has 8 heteroatoms. The first-order valence-corrected chi connectivity index (χ1v) is 9.53. The first kappa shape index (κ1) is 23.9. The van der Waals surface area contributed by atoms with Gasteiger partial charge in [0.05, 0.1) is 16.1 Å². The van der Waals surface area contributed by atoms with Crippen molar-refractivity contribution >= 4 is 63.9 Å². The molecule has 0 heterocycles. The third-order valence-electron chi connectivity index (χ3n) is 3.28. The van der Waals surface area contributed by atoms with Gasteiger partial charge in [-0.25, -0.2) is 0 Å². The minimum absolute atomic E-state index is 0. The second-order valence-corrected chi connectivity index (χ2v) is 9.34. The van der Waals surface area contributed by atoms with E-state index in [9.17, 15) is 4.21 Å². The van der Waals surface area contributed by atoms with Gasteiger partial charge in [-0.15, -0.1) is 24.0 Å². The topological polar surface area (TPSA) is 53.5 Å². The summed E-state index contributed by atoms with van der Waals surface area (Å²) < 4.78 is 11.8. The van der Waals surface area contributed by atoms with Gasteiger partial charge in [0.15, 0.2) is 5.96 Å². The van der Waals surface area contributed by atoms with Gasteiger partial charge in [0, 0.05) is 34.9 Å². The number of nitrogens with one attached hydrogen (secondary N) is 2. The molecular formula is C16H26Cl2IN3OS. The third kappa shape index (κ3) is 7.89. The fourth-order valence-electron chi connectivity index (χ4n) is 1.83. The summed E-state index contributed by atoms with van der Waals surface area (Å²) in [4.78, 5) is 4.19. The largest absolute Gasteiger partial charge is 0.355 e. The molecule has 24 heavy (non-hydrogen) atoms. The summed E-state index contributed by atoms with van der Waals surface area (Å²) in [6, 6.07) is 5.56. The zero-order valence-electron chi connectivity index (χ0n) is 14.7. The van der Waals surface area contributed by atoms with Gasteiger partial charge < -0.3 is 10.6 Å². The van der Waals surface area contributed by atoms with Crippen molar-refractivity contribution in [1.82, 2.24) is 10.6 Å². The molecule has 2 N–H and O–H groups in total. The Balaban J connectivity index is 0.00000529. The van der Waals surface area contributed by atoms with Crippen LogP contribution in [0.15, 0.2) is 23.2 Å². The summed E-state index contributed by atoms with van der Waals surface area (Å²) in [6.07, 6.45) is 0. The van der Waals surface area contributed by atoms with Crippen LogP contribution in [-0.4, -0.2) is 34.3 Å². The zero-order chi connectivity index (χ0) is 17.6. The Morgan fingerprint density at radius 3 is 2.42 bits per heavy atom. The predicted octanol–water partition coefficient (Wildman–Crippen LogP) is 4.38. The van der Waals surface area contributed by atoms with Crippen LogP contribution in [0, 0.1) is 0 Å². The van der Waals surface area contributed by atoms with Crippen LogP contribution in [0.1, 0.15) is 39.3 Å². The Morgan fingerprint density at radius 2 is 1.92 bits per heavy atom. The van der Waals surface area contributed by atoms with E-state index >= 15 is 0 Å². The van der Waals surface area contributed by atoms with Crippen molar-refractivity contribution in [2.45, 2.75) is 38.5 Å². The second-order valence-electron chi connectivity index (χ2n) is 6.20. The van der Waals surface area contributed by atoms with Gasteiger partial charge in [0.2, 0.25) is 0 Å². The van der Waals surface area contributed by atoms with Gasteiger partial charge in [-0.1, -0.05) is 29.3 Å². The molecule has 0 radical (unpaired) electrons. The van der Waals surface area contributed by atoms with Crippen molar-refractivity contribution in [1.29, 1.82) is 0 Å². The molecule has 0 aliphatic rings. The Bertz CT molecular complexity index is 591. The molecule has 0 aliphatic heterocycles. The molecule has 1 aromatic carbocycles. The van der Waals surface area contributed by atoms with Crippen molar-refractivity contribution in [3.8, 4) is 0 Å². The lowest BCUT2D eigenvalue weighted by Crippen LogP contribution is -2.41. The molecule has 4 nitrogen and oxygen atoms in total. The zero-order valence-corrected chi connectivity index (χ0v) is 19.3. The van der Waals surface area contributed by atoms with E-state index in [-0.39, 0.29) is 34.8 Å². The number of hydrogen-bond acceptors (Lipinski definition) is 2. The van der Waals surface area contributed by atoms with Crippen LogP contribution in [0.25, 0.3) is 0 Å². The summed E-state index contributed by atoms with van der Waals surface area (Å²) >= 11 is 12.0. The minimum atomic E-state index is -0.888. The van der Waals surface area contributed by atoms with Gasteiger partial charge >= 0.3 is 0 Å². The first-order valence-electron chi connectivity index (χ1n) is 7.45. The molecular weight excluding hydrogens is 480 g/mol. The van der Waals surface area contributed by atoms with E-state index in [4.69, 9.17) is 23.2 Å². The number of hydrogen-bond donors (Lipinski definition) is 2. The first-order chi connectivity index (χ1) is 10.6. The highest BCUT2D eigenvalue weighted by atomic mass is 127. The third-order valence-corrected chi connectivity index (χ3v) is 5.96. The minimum Gasteiger partial charge on any atom is -0.355 e. The van der Waals surface area contributed by atoms with E-state index in [0.717, 1.165) is 5.56 Å². The molecule has 1 rings (SSSR count). The summed E-state index contributed by atoms with van der Waals surface area (Å²) in [5.41, 5.74) is 1.01. The Hall–Kier alpha value is -0.0500. The quantitative estimate of drug-likeness (QED) is 0.354. The molecule has 0 spiro atoms. The van der Waals surface area contributed by atoms with Gasteiger partial charge in [-0.05, 0) is 45.4 Å². The highest BCUT2D eigenvalue weighted by Crippen LogP contribution is 2.25. The van der Waals surface area contributed by atoms with E-state index in [1.165, 1.54) is 0 Å². The van der Waals surface area contributed by atoms with E-state index in [1.807, 2.05) is 39.8 Å². The van der Waals surface area contributed by atoms with E-state index in [0.29, 0.717) is 28.3 Å². The number of guanidine groups is 1. The fourth-order valence-corrected chi connectivity index (χ4v) is 3.04. The molecule has 0 aliphatic carbocycles. The molecule has 2 atom stereocenters. The molecule has 2 unspecified atom stereocenters. The van der Waals surface area contributed by atoms with Crippen LogP contribution in [-0.2, 0) is 10.8 Å². The maximum Gasteiger partial charge on any atom is 0.191 e. The normalized spacial score (nSPS) is 14.5. The number of halogens is 3. The van der Waals surface area contributed by atoms with Gasteiger partial charge in [-0.3, -0.25) is 9.20 Å². The number of rotatable bonds is 5. The van der Waals surface area contributed by atoms with E-state index < -0.39 is 10.8 Å². The Labute approximate surface area is 174 Å². The summed E-state index contributed by atoms with van der Waals surface area (Å²) in [5.74, 6) is 1.24. The van der Waals surface area contributed by atoms with Crippen molar-refractivity contribution < 1.29 is 4.21 Å². The van der Waals surface area contributed by atoms with Gasteiger partial charge in [0.25, 0.3) is 0 Å². The molecule has 1 aromatic rings. The summed E-state index contributed by atoms with van der Waals surface area (Å²) in [5, 5.41) is 7.53. The smallest absolute Gasteiger partial charge is 0.191 e. The summed E-state index contributed by atoms with van der Waals surface area (Å²) in [7, 11) is 0.818. The molecule has 0 aromatic heterocycles. The van der Waals surface area contributed by atoms with Crippen LogP contribution in [0.5, 0.6) is 0 Å². The van der Waals surface area contributed by atoms with E-state index in [2.05, 4.69) is 15.6 Å². The Morgan fingerprint density at radius 1 is 1.29 bits per heavy atom. The monoisotopic (exact) mass is 505 g/mol. The maximum atomic E-state index is 12.0. The lowest BCUT2D eigenvalue weighted by molar-refractivity contribution is 0.645. The van der Waals surface area contributed by atoms with Crippen LogP contribution >= 0.6 is 47.2 Å². The van der Waals surface area contributed by atoms with Crippen molar-refractivity contribution in [3.63, 3.8) is 0 Å². The highest BCUT2D eigenvalue weighted by molar-refractivity contribution is 14.0. The van der Waals surface area contributed by atoms with E-state index in [1.54, 1.807) is 13.1 Å². The molecule has 0 saturated carbocycles. The molecule has 0 saturated heterocycles. The molecule has 0 amide bonds. The molecule has 138 valence electrons.